The van der Waals surface area contributed by atoms with Crippen LogP contribution in [0.25, 0.3) is 0 Å². The summed E-state index contributed by atoms with van der Waals surface area (Å²) < 4.78 is 0. The molecule has 0 bridgehead atoms. The van der Waals surface area contributed by atoms with Crippen LogP contribution in [0.5, 0.6) is 0 Å². The number of nitrogens with one attached hydrogen (secondary N) is 1. The van der Waals surface area contributed by atoms with Gasteiger partial charge >= 0.3 is 0 Å². The van der Waals surface area contributed by atoms with E-state index in [4.69, 9.17) is 0 Å². The molecule has 3 rings (SSSR count). The number of rotatable bonds is 1. The van der Waals surface area contributed by atoms with Gasteiger partial charge in [-0.2, -0.15) is 0 Å². The Morgan fingerprint density at radius 2 is 1.95 bits per heavy atom. The van der Waals surface area contributed by atoms with Crippen LogP contribution >= 0.6 is 0 Å². The summed E-state index contributed by atoms with van der Waals surface area (Å²) in [4.78, 5) is 14.4. The van der Waals surface area contributed by atoms with Gasteiger partial charge in [-0.15, -0.1) is 0 Å². The number of carbonyl (C=O) groups is 1. The third-order valence-electron chi connectivity index (χ3n) is 4.53. The summed E-state index contributed by atoms with van der Waals surface area (Å²) in [6.45, 7) is 3.93. The van der Waals surface area contributed by atoms with Crippen LogP contribution in [0.2, 0.25) is 0 Å². The number of hydrogen-bond donors (Lipinski definition) is 2. The number of carbonyl (C=O) groups excluding carboxylic acids is 1. The second-order valence-electron chi connectivity index (χ2n) is 6.23. The second-order valence-corrected chi connectivity index (χ2v) is 6.23. The Kier molecular flexibility index (Phi) is 3.52. The van der Waals surface area contributed by atoms with Crippen LogP contribution in [0.1, 0.15) is 30.9 Å². The number of benzene rings is 1. The Hall–Kier alpha value is -1.39. The molecule has 108 valence electrons. The maximum absolute atomic E-state index is 12.6. The van der Waals surface area contributed by atoms with E-state index in [1.807, 2.05) is 24.0 Å². The average Bonchev–Trinajstić information content (AvgIpc) is 2.46. The van der Waals surface area contributed by atoms with Crippen LogP contribution in [-0.4, -0.2) is 40.6 Å². The van der Waals surface area contributed by atoms with Crippen LogP contribution in [0.3, 0.4) is 0 Å². The van der Waals surface area contributed by atoms with Gasteiger partial charge in [0.2, 0.25) is 5.91 Å². The van der Waals surface area contributed by atoms with E-state index in [-0.39, 0.29) is 11.9 Å². The van der Waals surface area contributed by atoms with Gasteiger partial charge in [-0.1, -0.05) is 24.3 Å². The number of piperidine rings is 1. The molecule has 0 radical (unpaired) electrons. The molecule has 1 aromatic rings. The van der Waals surface area contributed by atoms with E-state index in [0.717, 1.165) is 13.0 Å². The van der Waals surface area contributed by atoms with Crippen LogP contribution in [0.15, 0.2) is 24.3 Å². The number of likely N-dealkylation sites (tertiary alicyclic amines) is 1. The van der Waals surface area contributed by atoms with E-state index in [2.05, 4.69) is 17.4 Å². The van der Waals surface area contributed by atoms with Crippen molar-refractivity contribution in [3.8, 4) is 0 Å². The Labute approximate surface area is 119 Å². The minimum absolute atomic E-state index is 0.118. The number of amides is 1. The third kappa shape index (κ3) is 2.72. The lowest BCUT2D eigenvalue weighted by molar-refractivity contribution is -0.137. The maximum atomic E-state index is 12.6. The van der Waals surface area contributed by atoms with Crippen molar-refractivity contribution in [1.82, 2.24) is 10.2 Å². The van der Waals surface area contributed by atoms with Crippen molar-refractivity contribution < 1.29 is 9.90 Å². The molecule has 0 saturated carbocycles. The summed E-state index contributed by atoms with van der Waals surface area (Å²) in [5.74, 6) is 0.176. The minimum Gasteiger partial charge on any atom is -0.390 e. The lowest BCUT2D eigenvalue weighted by Gasteiger charge is -2.38. The fourth-order valence-corrected chi connectivity index (χ4v) is 3.06. The molecule has 4 heteroatoms. The summed E-state index contributed by atoms with van der Waals surface area (Å²) in [6.07, 6.45) is 2.10. The largest absolute Gasteiger partial charge is 0.390 e. The molecule has 1 atom stereocenters. The predicted octanol–water partition coefficient (Wildman–Crippen LogP) is 1.07. The van der Waals surface area contributed by atoms with E-state index in [0.29, 0.717) is 25.9 Å². The number of hydrogen-bond acceptors (Lipinski definition) is 3. The fraction of sp³-hybridized carbons (Fsp3) is 0.562. The molecule has 2 heterocycles. The smallest absolute Gasteiger partial charge is 0.240 e. The fourth-order valence-electron chi connectivity index (χ4n) is 3.06. The van der Waals surface area contributed by atoms with E-state index >= 15 is 0 Å². The average molecular weight is 274 g/mol. The molecule has 0 spiro atoms. The van der Waals surface area contributed by atoms with Gasteiger partial charge < -0.3 is 15.3 Å². The predicted molar refractivity (Wildman–Crippen MR) is 77.2 cm³/mol. The molecule has 1 aromatic carbocycles. The van der Waals surface area contributed by atoms with Gasteiger partial charge in [-0.25, -0.2) is 0 Å². The molecule has 0 aliphatic carbocycles. The molecule has 1 amide bonds. The van der Waals surface area contributed by atoms with Gasteiger partial charge in [0, 0.05) is 19.6 Å². The van der Waals surface area contributed by atoms with Crippen molar-refractivity contribution in [2.45, 2.75) is 44.4 Å². The topological polar surface area (TPSA) is 52.6 Å². The normalized spacial score (nSPS) is 25.1. The van der Waals surface area contributed by atoms with Gasteiger partial charge in [0.1, 0.15) is 0 Å². The molecular formula is C16H22N2O2. The second kappa shape index (κ2) is 5.19. The van der Waals surface area contributed by atoms with Gasteiger partial charge in [0.15, 0.2) is 0 Å². The van der Waals surface area contributed by atoms with E-state index in [1.54, 1.807) is 0 Å². The lowest BCUT2D eigenvalue weighted by atomic mass is 9.91. The highest BCUT2D eigenvalue weighted by atomic mass is 16.3. The number of aliphatic hydroxyl groups is 1. The summed E-state index contributed by atoms with van der Waals surface area (Å²) in [7, 11) is 0. The Bertz CT molecular complexity index is 503. The first-order valence-corrected chi connectivity index (χ1v) is 7.36. The first-order chi connectivity index (χ1) is 9.55. The quantitative estimate of drug-likeness (QED) is 0.805. The van der Waals surface area contributed by atoms with Crippen molar-refractivity contribution in [2.24, 2.45) is 0 Å². The zero-order valence-corrected chi connectivity index (χ0v) is 11.9. The molecule has 0 aromatic heterocycles. The monoisotopic (exact) mass is 274 g/mol. The van der Waals surface area contributed by atoms with E-state index in [1.165, 1.54) is 11.1 Å². The van der Waals surface area contributed by atoms with Crippen molar-refractivity contribution in [3.63, 3.8) is 0 Å². The summed E-state index contributed by atoms with van der Waals surface area (Å²) in [5, 5.41) is 13.3. The number of fused-ring (bicyclic) bond motifs is 1. The molecule has 2 aliphatic heterocycles. The molecular weight excluding hydrogens is 252 g/mol. The summed E-state index contributed by atoms with van der Waals surface area (Å²) in [6, 6.07) is 8.17. The van der Waals surface area contributed by atoms with E-state index in [9.17, 15) is 9.90 Å². The first kappa shape index (κ1) is 13.6. The van der Waals surface area contributed by atoms with Gasteiger partial charge in [-0.05, 0) is 37.3 Å². The Balaban J connectivity index is 1.65. The van der Waals surface area contributed by atoms with Crippen LogP contribution < -0.4 is 5.32 Å². The highest BCUT2D eigenvalue weighted by Crippen LogP contribution is 2.23. The Morgan fingerprint density at radius 3 is 2.65 bits per heavy atom. The molecule has 2 aliphatic rings. The first-order valence-electron chi connectivity index (χ1n) is 7.36. The van der Waals surface area contributed by atoms with Crippen LogP contribution in [-0.2, 0) is 17.8 Å². The molecule has 2 N–H and O–H groups in total. The van der Waals surface area contributed by atoms with Crippen molar-refractivity contribution in [1.29, 1.82) is 0 Å². The molecule has 4 nitrogen and oxygen atoms in total. The van der Waals surface area contributed by atoms with Crippen molar-refractivity contribution in [3.05, 3.63) is 35.4 Å². The summed E-state index contributed by atoms with van der Waals surface area (Å²) in [5.41, 5.74) is 1.95. The molecule has 1 fully saturated rings. The maximum Gasteiger partial charge on any atom is 0.240 e. The highest BCUT2D eigenvalue weighted by molar-refractivity contribution is 5.82. The van der Waals surface area contributed by atoms with Gasteiger partial charge in [-0.3, -0.25) is 4.79 Å². The zero-order valence-electron chi connectivity index (χ0n) is 11.9. The summed E-state index contributed by atoms with van der Waals surface area (Å²) >= 11 is 0. The molecule has 1 saturated heterocycles. The van der Waals surface area contributed by atoms with Gasteiger partial charge in [0.05, 0.1) is 11.6 Å². The zero-order chi connectivity index (χ0) is 14.2. The Morgan fingerprint density at radius 1 is 1.30 bits per heavy atom. The van der Waals surface area contributed by atoms with Crippen LogP contribution in [0.4, 0.5) is 0 Å². The molecule has 20 heavy (non-hydrogen) atoms. The lowest BCUT2D eigenvalue weighted by Crippen LogP contribution is -2.53. The highest BCUT2D eigenvalue weighted by Gasteiger charge is 2.33. The SMILES string of the molecule is CC1(O)CCN(C(=O)[C@@H]2Cc3ccccc3CN2)CC1. The van der Waals surface area contributed by atoms with Crippen molar-refractivity contribution >= 4 is 5.91 Å². The standard InChI is InChI=1S/C16H22N2O2/c1-16(20)6-8-18(9-7-16)15(19)14-10-12-4-2-3-5-13(12)11-17-14/h2-5,14,17,20H,6-11H2,1H3/t14-/m0/s1. The third-order valence-corrected chi connectivity index (χ3v) is 4.53. The minimum atomic E-state index is -0.608. The van der Waals surface area contributed by atoms with E-state index < -0.39 is 5.60 Å². The van der Waals surface area contributed by atoms with Crippen molar-refractivity contribution in [2.75, 3.05) is 13.1 Å². The van der Waals surface area contributed by atoms with Gasteiger partial charge in [0.25, 0.3) is 0 Å². The number of nitrogens with zero attached hydrogens (tertiary/aromatic N) is 1. The van der Waals surface area contributed by atoms with Crippen LogP contribution in [0, 0.1) is 0 Å². The molecule has 0 unspecified atom stereocenters.